The summed E-state index contributed by atoms with van der Waals surface area (Å²) in [5.74, 6) is 0.356. The van der Waals surface area contributed by atoms with Crippen molar-refractivity contribution in [2.45, 2.75) is 32.9 Å². The number of rotatable bonds is 7. The summed E-state index contributed by atoms with van der Waals surface area (Å²) in [4.78, 5) is 37.7. The van der Waals surface area contributed by atoms with Crippen LogP contribution in [0.1, 0.15) is 23.2 Å². The number of nitrogens with two attached hydrogens (primary N) is 1. The van der Waals surface area contributed by atoms with E-state index in [9.17, 15) is 14.4 Å². The van der Waals surface area contributed by atoms with Crippen LogP contribution in [0.5, 0.6) is 0 Å². The monoisotopic (exact) mass is 326 g/mol. The first-order valence-corrected chi connectivity index (χ1v) is 8.26. The zero-order chi connectivity index (χ0) is 16.7. The second-order valence-electron chi connectivity index (χ2n) is 5.00. The summed E-state index contributed by atoms with van der Waals surface area (Å²) in [6, 6.07) is 0.399. The normalized spacial score (nSPS) is 11.8. The fourth-order valence-corrected chi connectivity index (χ4v) is 2.55. The van der Waals surface area contributed by atoms with Crippen molar-refractivity contribution in [1.29, 1.82) is 0 Å². The Morgan fingerprint density at radius 2 is 2.09 bits per heavy atom. The molecule has 22 heavy (non-hydrogen) atoms. The summed E-state index contributed by atoms with van der Waals surface area (Å²) < 4.78 is 0. The van der Waals surface area contributed by atoms with E-state index in [-0.39, 0.29) is 18.0 Å². The van der Waals surface area contributed by atoms with Crippen molar-refractivity contribution in [3.8, 4) is 0 Å². The van der Waals surface area contributed by atoms with Gasteiger partial charge in [-0.3, -0.25) is 9.59 Å². The van der Waals surface area contributed by atoms with Crippen LogP contribution in [-0.2, 0) is 11.3 Å². The summed E-state index contributed by atoms with van der Waals surface area (Å²) in [5, 5.41) is 5.09. The fraction of sp³-hybridized carbons (Fsp3) is 0.500. The highest BCUT2D eigenvalue weighted by Gasteiger charge is 2.19. The van der Waals surface area contributed by atoms with Crippen LogP contribution >= 0.6 is 11.8 Å². The first kappa shape index (κ1) is 18.1. The average Bonchev–Trinajstić information content (AvgIpc) is 2.41. The van der Waals surface area contributed by atoms with E-state index in [0.717, 1.165) is 11.3 Å². The van der Waals surface area contributed by atoms with E-state index >= 15 is 0 Å². The SMILES string of the molecule is CSCC[C@@H](NC(N)=O)C(=O)NCc1c(C)cc(C)[nH]c1=O. The maximum Gasteiger partial charge on any atom is 0.312 e. The number of thioether (sulfide) groups is 1. The van der Waals surface area contributed by atoms with Gasteiger partial charge in [-0.1, -0.05) is 0 Å². The zero-order valence-corrected chi connectivity index (χ0v) is 13.8. The van der Waals surface area contributed by atoms with E-state index in [0.29, 0.717) is 17.7 Å². The number of hydrogen-bond donors (Lipinski definition) is 4. The molecule has 122 valence electrons. The molecule has 0 radical (unpaired) electrons. The van der Waals surface area contributed by atoms with Gasteiger partial charge in [-0.15, -0.1) is 0 Å². The first-order chi connectivity index (χ1) is 10.3. The van der Waals surface area contributed by atoms with Gasteiger partial charge in [0.1, 0.15) is 6.04 Å². The van der Waals surface area contributed by atoms with Gasteiger partial charge in [0, 0.05) is 17.8 Å². The lowest BCUT2D eigenvalue weighted by Gasteiger charge is -2.17. The number of aromatic nitrogens is 1. The summed E-state index contributed by atoms with van der Waals surface area (Å²) in [6.45, 7) is 3.72. The molecular formula is C14H22N4O3S. The van der Waals surface area contributed by atoms with Crippen molar-refractivity contribution in [3.63, 3.8) is 0 Å². The molecule has 5 N–H and O–H groups in total. The van der Waals surface area contributed by atoms with Gasteiger partial charge in [-0.25, -0.2) is 4.79 Å². The van der Waals surface area contributed by atoms with Crippen molar-refractivity contribution in [1.82, 2.24) is 15.6 Å². The molecule has 0 aliphatic carbocycles. The average molecular weight is 326 g/mol. The molecule has 0 saturated heterocycles. The Balaban J connectivity index is 2.74. The van der Waals surface area contributed by atoms with Gasteiger partial charge in [-0.2, -0.15) is 11.8 Å². The van der Waals surface area contributed by atoms with Gasteiger partial charge in [0.2, 0.25) is 5.91 Å². The lowest BCUT2D eigenvalue weighted by molar-refractivity contribution is -0.123. The molecule has 0 fully saturated rings. The minimum absolute atomic E-state index is 0.108. The smallest absolute Gasteiger partial charge is 0.312 e. The van der Waals surface area contributed by atoms with Gasteiger partial charge < -0.3 is 21.4 Å². The molecule has 0 saturated carbocycles. The molecule has 0 aliphatic heterocycles. The van der Waals surface area contributed by atoms with Crippen molar-refractivity contribution in [2.75, 3.05) is 12.0 Å². The number of pyridine rings is 1. The van der Waals surface area contributed by atoms with Crippen LogP contribution < -0.4 is 21.9 Å². The number of aromatic amines is 1. The minimum atomic E-state index is -0.745. The number of carbonyl (C=O) groups is 2. The van der Waals surface area contributed by atoms with Crippen LogP contribution in [0, 0.1) is 13.8 Å². The van der Waals surface area contributed by atoms with Crippen molar-refractivity contribution < 1.29 is 9.59 Å². The van der Waals surface area contributed by atoms with E-state index in [1.807, 2.05) is 19.2 Å². The van der Waals surface area contributed by atoms with Crippen LogP contribution in [0.2, 0.25) is 0 Å². The number of primary amides is 1. The van der Waals surface area contributed by atoms with E-state index < -0.39 is 12.1 Å². The molecule has 0 bridgehead atoms. The fourth-order valence-electron chi connectivity index (χ4n) is 2.08. The molecule has 0 unspecified atom stereocenters. The Morgan fingerprint density at radius 1 is 1.41 bits per heavy atom. The quantitative estimate of drug-likeness (QED) is 0.580. The molecule has 0 aromatic carbocycles. The Hall–Kier alpha value is -1.96. The Kier molecular flexibility index (Phi) is 6.97. The molecule has 1 atom stereocenters. The summed E-state index contributed by atoms with van der Waals surface area (Å²) in [5.41, 5.74) is 6.94. The molecule has 3 amide bonds. The van der Waals surface area contributed by atoms with E-state index in [1.165, 1.54) is 0 Å². The number of carbonyl (C=O) groups excluding carboxylic acids is 2. The lowest BCUT2D eigenvalue weighted by atomic mass is 10.1. The van der Waals surface area contributed by atoms with Gasteiger partial charge >= 0.3 is 6.03 Å². The third-order valence-electron chi connectivity index (χ3n) is 3.18. The molecule has 1 aromatic heterocycles. The summed E-state index contributed by atoms with van der Waals surface area (Å²) >= 11 is 1.57. The predicted octanol–water partition coefficient (Wildman–Crippen LogP) is 0.398. The number of hydrogen-bond acceptors (Lipinski definition) is 4. The van der Waals surface area contributed by atoms with Crippen LogP contribution in [-0.4, -0.2) is 35.0 Å². The number of amides is 3. The number of urea groups is 1. The highest BCUT2D eigenvalue weighted by atomic mass is 32.2. The van der Waals surface area contributed by atoms with Gasteiger partial charge in [-0.05, 0) is 43.9 Å². The molecule has 1 aromatic rings. The lowest BCUT2D eigenvalue weighted by Crippen LogP contribution is -2.49. The molecule has 1 rings (SSSR count). The summed E-state index contributed by atoms with van der Waals surface area (Å²) in [7, 11) is 0. The van der Waals surface area contributed by atoms with Crippen molar-refractivity contribution in [2.24, 2.45) is 5.73 Å². The largest absolute Gasteiger partial charge is 0.352 e. The third-order valence-corrected chi connectivity index (χ3v) is 3.82. The predicted molar refractivity (Wildman–Crippen MR) is 87.9 cm³/mol. The van der Waals surface area contributed by atoms with Gasteiger partial charge in [0.25, 0.3) is 5.56 Å². The van der Waals surface area contributed by atoms with Crippen LogP contribution in [0.25, 0.3) is 0 Å². The molecule has 0 spiro atoms. The Morgan fingerprint density at radius 3 is 2.64 bits per heavy atom. The second-order valence-corrected chi connectivity index (χ2v) is 5.99. The third kappa shape index (κ3) is 5.44. The van der Waals surface area contributed by atoms with E-state index in [4.69, 9.17) is 5.73 Å². The molecule has 1 heterocycles. The van der Waals surface area contributed by atoms with Crippen molar-refractivity contribution >= 4 is 23.7 Å². The Labute approximate surface area is 133 Å². The molecule has 8 heteroatoms. The molecular weight excluding hydrogens is 304 g/mol. The minimum Gasteiger partial charge on any atom is -0.352 e. The number of nitrogens with one attached hydrogen (secondary N) is 3. The van der Waals surface area contributed by atoms with Crippen molar-refractivity contribution in [3.05, 3.63) is 33.2 Å². The second kappa shape index (κ2) is 8.47. The van der Waals surface area contributed by atoms with Crippen LogP contribution in [0.15, 0.2) is 10.9 Å². The number of H-pyrrole nitrogens is 1. The molecule has 7 nitrogen and oxygen atoms in total. The maximum atomic E-state index is 12.1. The standard InChI is InChI=1S/C14H22N4O3S/c1-8-6-9(2)17-12(19)10(8)7-16-13(20)11(4-5-22-3)18-14(15)21/h6,11H,4-5,7H2,1-3H3,(H,16,20)(H,17,19)(H3,15,18,21)/t11-/m1/s1. The number of aryl methyl sites for hydroxylation is 2. The summed E-state index contributed by atoms with van der Waals surface area (Å²) in [6.07, 6.45) is 2.38. The zero-order valence-electron chi connectivity index (χ0n) is 13.0. The van der Waals surface area contributed by atoms with Gasteiger partial charge in [0.15, 0.2) is 0 Å². The van der Waals surface area contributed by atoms with Crippen LogP contribution in [0.3, 0.4) is 0 Å². The van der Waals surface area contributed by atoms with E-state index in [1.54, 1.807) is 18.7 Å². The van der Waals surface area contributed by atoms with E-state index in [2.05, 4.69) is 15.6 Å². The first-order valence-electron chi connectivity index (χ1n) is 6.87. The van der Waals surface area contributed by atoms with Gasteiger partial charge in [0.05, 0.1) is 0 Å². The maximum absolute atomic E-state index is 12.1. The topological polar surface area (TPSA) is 117 Å². The van der Waals surface area contributed by atoms with Crippen LogP contribution in [0.4, 0.5) is 4.79 Å². The molecule has 0 aliphatic rings. The highest BCUT2D eigenvalue weighted by molar-refractivity contribution is 7.98. The Bertz CT molecular complexity index is 600. The highest BCUT2D eigenvalue weighted by Crippen LogP contribution is 2.04.